The van der Waals surface area contributed by atoms with Crippen molar-refractivity contribution in [2.24, 2.45) is 11.8 Å². The number of rotatable bonds is 4. The summed E-state index contributed by atoms with van der Waals surface area (Å²) < 4.78 is 5.84. The van der Waals surface area contributed by atoms with Gasteiger partial charge in [-0.1, -0.05) is 25.7 Å². The van der Waals surface area contributed by atoms with E-state index in [0.717, 1.165) is 18.9 Å². The van der Waals surface area contributed by atoms with Crippen LogP contribution in [-0.2, 0) is 4.74 Å². The van der Waals surface area contributed by atoms with E-state index in [1.807, 2.05) is 0 Å². The van der Waals surface area contributed by atoms with Crippen molar-refractivity contribution in [3.63, 3.8) is 0 Å². The summed E-state index contributed by atoms with van der Waals surface area (Å²) in [6.45, 7) is 0.951. The van der Waals surface area contributed by atoms with Gasteiger partial charge < -0.3 is 4.74 Å². The lowest BCUT2D eigenvalue weighted by Crippen LogP contribution is -2.43. The third-order valence-electron chi connectivity index (χ3n) is 4.47. The van der Waals surface area contributed by atoms with Crippen molar-refractivity contribution < 1.29 is 4.74 Å². The minimum atomic E-state index is 0.452. The molecule has 2 atom stereocenters. The van der Waals surface area contributed by atoms with Crippen molar-refractivity contribution in [3.05, 3.63) is 0 Å². The number of hydrogen-bond donors (Lipinski definition) is 2. The Labute approximate surface area is 105 Å². The van der Waals surface area contributed by atoms with E-state index in [2.05, 4.69) is 5.43 Å². The van der Waals surface area contributed by atoms with Gasteiger partial charge in [0.1, 0.15) is 0 Å². The predicted octanol–water partition coefficient (Wildman–Crippen LogP) is 2.75. The van der Waals surface area contributed by atoms with Gasteiger partial charge in [-0.05, 0) is 44.4 Å². The maximum atomic E-state index is 5.84. The van der Waals surface area contributed by atoms with Gasteiger partial charge in [0.05, 0.1) is 6.10 Å². The third-order valence-corrected chi connectivity index (χ3v) is 4.47. The van der Waals surface area contributed by atoms with Crippen molar-refractivity contribution in [3.8, 4) is 0 Å². The Kier molecular flexibility index (Phi) is 5.75. The number of nitrogens with two attached hydrogens (primary N) is 1. The average molecular weight is 240 g/mol. The van der Waals surface area contributed by atoms with Crippen LogP contribution in [0.1, 0.15) is 64.2 Å². The van der Waals surface area contributed by atoms with E-state index >= 15 is 0 Å². The standard InChI is InChI=1S/C14H28N2O/c15-16-14(11-13-9-5-6-10-17-13)12-7-3-1-2-4-8-12/h12-14,16H,1-11,15H2. The van der Waals surface area contributed by atoms with Crippen molar-refractivity contribution in [2.45, 2.75) is 76.4 Å². The average Bonchev–Trinajstić information content (AvgIpc) is 2.66. The van der Waals surface area contributed by atoms with E-state index in [1.165, 1.54) is 57.8 Å². The lowest BCUT2D eigenvalue weighted by atomic mass is 9.87. The summed E-state index contributed by atoms with van der Waals surface area (Å²) >= 11 is 0. The minimum Gasteiger partial charge on any atom is -0.378 e. The molecule has 0 aromatic carbocycles. The van der Waals surface area contributed by atoms with Crippen LogP contribution in [0.15, 0.2) is 0 Å². The van der Waals surface area contributed by atoms with E-state index in [9.17, 15) is 0 Å². The van der Waals surface area contributed by atoms with Crippen LogP contribution >= 0.6 is 0 Å². The van der Waals surface area contributed by atoms with Crippen molar-refractivity contribution in [1.82, 2.24) is 5.43 Å². The molecule has 2 rings (SSSR count). The largest absolute Gasteiger partial charge is 0.378 e. The normalized spacial score (nSPS) is 29.8. The summed E-state index contributed by atoms with van der Waals surface area (Å²) in [6, 6.07) is 0.469. The molecule has 100 valence electrons. The van der Waals surface area contributed by atoms with Gasteiger partial charge in [-0.25, -0.2) is 0 Å². The van der Waals surface area contributed by atoms with Crippen molar-refractivity contribution in [1.29, 1.82) is 0 Å². The molecule has 1 aliphatic heterocycles. The molecule has 2 fully saturated rings. The fourth-order valence-corrected chi connectivity index (χ4v) is 3.39. The van der Waals surface area contributed by atoms with Gasteiger partial charge in [0.2, 0.25) is 0 Å². The second-order valence-corrected chi connectivity index (χ2v) is 5.75. The molecule has 1 saturated heterocycles. The van der Waals surface area contributed by atoms with Crippen LogP contribution in [0.25, 0.3) is 0 Å². The van der Waals surface area contributed by atoms with Gasteiger partial charge in [0.15, 0.2) is 0 Å². The first-order valence-corrected chi connectivity index (χ1v) is 7.48. The highest BCUT2D eigenvalue weighted by Crippen LogP contribution is 2.29. The molecule has 3 nitrogen and oxygen atoms in total. The Morgan fingerprint density at radius 1 is 1.00 bits per heavy atom. The Hall–Kier alpha value is -0.120. The second kappa shape index (κ2) is 7.34. The quantitative estimate of drug-likeness (QED) is 0.451. The molecule has 3 N–H and O–H groups in total. The zero-order valence-corrected chi connectivity index (χ0v) is 11.0. The Bertz CT molecular complexity index is 196. The molecule has 2 unspecified atom stereocenters. The summed E-state index contributed by atoms with van der Waals surface area (Å²) in [5, 5.41) is 0. The number of ether oxygens (including phenoxy) is 1. The fraction of sp³-hybridized carbons (Fsp3) is 1.00. The molecule has 2 aliphatic rings. The number of nitrogens with one attached hydrogen (secondary N) is 1. The molecule has 0 aromatic rings. The zero-order valence-electron chi connectivity index (χ0n) is 11.0. The topological polar surface area (TPSA) is 47.3 Å². The van der Waals surface area contributed by atoms with Gasteiger partial charge in [0, 0.05) is 12.6 Å². The van der Waals surface area contributed by atoms with Gasteiger partial charge in [-0.3, -0.25) is 11.3 Å². The highest BCUT2D eigenvalue weighted by atomic mass is 16.5. The van der Waals surface area contributed by atoms with Crippen molar-refractivity contribution >= 4 is 0 Å². The number of hydrazine groups is 1. The highest BCUT2D eigenvalue weighted by Gasteiger charge is 2.26. The minimum absolute atomic E-state index is 0.452. The first-order valence-electron chi connectivity index (χ1n) is 7.48. The van der Waals surface area contributed by atoms with E-state index in [1.54, 1.807) is 0 Å². The molecule has 0 spiro atoms. The van der Waals surface area contributed by atoms with Crippen LogP contribution in [0.5, 0.6) is 0 Å². The predicted molar refractivity (Wildman–Crippen MR) is 70.5 cm³/mol. The second-order valence-electron chi connectivity index (χ2n) is 5.75. The van der Waals surface area contributed by atoms with Crippen LogP contribution in [-0.4, -0.2) is 18.8 Å². The Morgan fingerprint density at radius 2 is 1.71 bits per heavy atom. The van der Waals surface area contributed by atoms with E-state index in [0.29, 0.717) is 12.1 Å². The summed E-state index contributed by atoms with van der Waals surface area (Å²) in [7, 11) is 0. The summed E-state index contributed by atoms with van der Waals surface area (Å²) in [4.78, 5) is 0. The van der Waals surface area contributed by atoms with Crippen LogP contribution < -0.4 is 11.3 Å². The lowest BCUT2D eigenvalue weighted by molar-refractivity contribution is 0.000448. The molecule has 0 bridgehead atoms. The van der Waals surface area contributed by atoms with E-state index in [4.69, 9.17) is 10.6 Å². The molecule has 1 saturated carbocycles. The Balaban J connectivity index is 1.81. The summed E-state index contributed by atoms with van der Waals surface area (Å²) in [5.74, 6) is 6.54. The molecule has 17 heavy (non-hydrogen) atoms. The monoisotopic (exact) mass is 240 g/mol. The lowest BCUT2D eigenvalue weighted by Gasteiger charge is -2.31. The molecule has 0 radical (unpaired) electrons. The van der Waals surface area contributed by atoms with Crippen LogP contribution in [0.4, 0.5) is 0 Å². The maximum absolute atomic E-state index is 5.84. The fourth-order valence-electron chi connectivity index (χ4n) is 3.39. The summed E-state index contributed by atoms with van der Waals surface area (Å²) in [5.41, 5.74) is 3.07. The smallest absolute Gasteiger partial charge is 0.0590 e. The molecule has 1 heterocycles. The molecule has 0 aromatic heterocycles. The van der Waals surface area contributed by atoms with Crippen LogP contribution in [0, 0.1) is 5.92 Å². The zero-order chi connectivity index (χ0) is 11.9. The molecule has 3 heteroatoms. The van der Waals surface area contributed by atoms with Gasteiger partial charge >= 0.3 is 0 Å². The van der Waals surface area contributed by atoms with Crippen LogP contribution in [0.3, 0.4) is 0 Å². The first kappa shape index (κ1) is 13.3. The van der Waals surface area contributed by atoms with E-state index < -0.39 is 0 Å². The Morgan fingerprint density at radius 3 is 2.29 bits per heavy atom. The van der Waals surface area contributed by atoms with Gasteiger partial charge in [0.25, 0.3) is 0 Å². The van der Waals surface area contributed by atoms with Crippen molar-refractivity contribution in [2.75, 3.05) is 6.61 Å². The maximum Gasteiger partial charge on any atom is 0.0590 e. The number of hydrogen-bond acceptors (Lipinski definition) is 3. The van der Waals surface area contributed by atoms with Gasteiger partial charge in [-0.15, -0.1) is 0 Å². The van der Waals surface area contributed by atoms with Crippen LogP contribution in [0.2, 0.25) is 0 Å². The molecule has 0 amide bonds. The SMILES string of the molecule is NNC(CC1CCCCO1)C1CCCCCC1. The summed E-state index contributed by atoms with van der Waals surface area (Å²) in [6.07, 6.45) is 13.6. The highest BCUT2D eigenvalue weighted by molar-refractivity contribution is 4.80. The molecule has 1 aliphatic carbocycles. The third kappa shape index (κ3) is 4.23. The molecular weight excluding hydrogens is 212 g/mol. The van der Waals surface area contributed by atoms with Gasteiger partial charge in [-0.2, -0.15) is 0 Å². The first-order chi connectivity index (χ1) is 8.40. The van der Waals surface area contributed by atoms with E-state index in [-0.39, 0.29) is 0 Å². The molecular formula is C14H28N2O.